The number of fused-ring (bicyclic) bond motifs is 1. The lowest BCUT2D eigenvalue weighted by Crippen LogP contribution is -2.37. The van der Waals surface area contributed by atoms with Gasteiger partial charge in [0.25, 0.3) is 11.8 Å². The molecule has 1 saturated heterocycles. The highest BCUT2D eigenvalue weighted by molar-refractivity contribution is 6.21. The molecule has 6 heteroatoms. The van der Waals surface area contributed by atoms with Crippen LogP contribution in [-0.4, -0.2) is 46.7 Å². The Morgan fingerprint density at radius 2 is 1.61 bits per heavy atom. The third-order valence-corrected chi connectivity index (χ3v) is 6.35. The Morgan fingerprint density at radius 3 is 2.29 bits per heavy atom. The van der Waals surface area contributed by atoms with Crippen molar-refractivity contribution in [2.75, 3.05) is 13.1 Å². The summed E-state index contributed by atoms with van der Waals surface area (Å²) >= 11 is 0. The van der Waals surface area contributed by atoms with Crippen LogP contribution in [0.5, 0.6) is 0 Å². The second-order valence-corrected chi connectivity index (χ2v) is 8.42. The number of carbonyl (C=O) groups excluding carboxylic acids is 3. The van der Waals surface area contributed by atoms with E-state index in [9.17, 15) is 14.4 Å². The van der Waals surface area contributed by atoms with Crippen LogP contribution in [0.4, 0.5) is 0 Å². The number of rotatable bonds is 7. The van der Waals surface area contributed by atoms with Gasteiger partial charge in [0.1, 0.15) is 0 Å². The minimum atomic E-state index is -0.325. The van der Waals surface area contributed by atoms with Gasteiger partial charge in [0, 0.05) is 32.1 Å². The molecule has 0 radical (unpaired) electrons. The van der Waals surface area contributed by atoms with Gasteiger partial charge in [-0.3, -0.25) is 24.2 Å². The minimum absolute atomic E-state index is 0.0884. The average molecular weight is 420 g/mol. The number of hydrogen-bond donors (Lipinski definition) is 1. The van der Waals surface area contributed by atoms with Crippen molar-refractivity contribution in [3.8, 4) is 0 Å². The van der Waals surface area contributed by atoms with Crippen LogP contribution in [0, 0.1) is 0 Å². The largest absolute Gasteiger partial charge is 0.352 e. The van der Waals surface area contributed by atoms with Crippen LogP contribution in [0.2, 0.25) is 0 Å². The van der Waals surface area contributed by atoms with Crippen molar-refractivity contribution in [3.05, 3.63) is 70.8 Å². The van der Waals surface area contributed by atoms with Gasteiger partial charge in [0.15, 0.2) is 0 Å². The highest BCUT2D eigenvalue weighted by atomic mass is 16.2. The van der Waals surface area contributed by atoms with Gasteiger partial charge < -0.3 is 5.32 Å². The van der Waals surface area contributed by atoms with E-state index in [0.717, 1.165) is 23.6 Å². The standard InChI is InChI=1S/C25H29N3O3/c1-18-8-6-7-14-27(18)17-20-10-3-2-9-19(20)16-26-23(29)13-15-28-24(30)21-11-4-5-12-22(21)25(28)31/h2-5,9-12,18H,6-8,13-17H2,1H3,(H,26,29)/t18-/m0/s1. The van der Waals surface area contributed by atoms with Crippen molar-refractivity contribution in [2.24, 2.45) is 0 Å². The molecule has 2 aromatic carbocycles. The lowest BCUT2D eigenvalue weighted by Gasteiger charge is -2.33. The van der Waals surface area contributed by atoms with E-state index in [1.54, 1.807) is 24.3 Å². The number of benzene rings is 2. The minimum Gasteiger partial charge on any atom is -0.352 e. The molecule has 0 spiro atoms. The number of amides is 3. The van der Waals surface area contributed by atoms with Gasteiger partial charge in [0.2, 0.25) is 5.91 Å². The lowest BCUT2D eigenvalue weighted by atomic mass is 10.0. The van der Waals surface area contributed by atoms with E-state index >= 15 is 0 Å². The number of hydrogen-bond acceptors (Lipinski definition) is 4. The zero-order valence-corrected chi connectivity index (χ0v) is 18.0. The first-order valence-corrected chi connectivity index (χ1v) is 11.1. The molecule has 1 atom stereocenters. The molecule has 1 N–H and O–H groups in total. The maximum atomic E-state index is 12.4. The second kappa shape index (κ2) is 9.43. The van der Waals surface area contributed by atoms with Gasteiger partial charge in [0.05, 0.1) is 11.1 Å². The Hall–Kier alpha value is -2.99. The normalized spacial score (nSPS) is 18.9. The molecule has 6 nitrogen and oxygen atoms in total. The van der Waals surface area contributed by atoms with Crippen LogP contribution in [0.1, 0.15) is 64.4 Å². The fraction of sp³-hybridized carbons (Fsp3) is 0.400. The molecule has 2 heterocycles. The third kappa shape index (κ3) is 4.69. The van der Waals surface area contributed by atoms with Gasteiger partial charge in [-0.1, -0.05) is 42.8 Å². The molecule has 31 heavy (non-hydrogen) atoms. The second-order valence-electron chi connectivity index (χ2n) is 8.42. The first-order valence-electron chi connectivity index (χ1n) is 11.1. The summed E-state index contributed by atoms with van der Waals surface area (Å²) in [6.07, 6.45) is 3.86. The molecule has 3 amide bonds. The van der Waals surface area contributed by atoms with Crippen molar-refractivity contribution in [1.82, 2.24) is 15.1 Å². The summed E-state index contributed by atoms with van der Waals surface area (Å²) in [7, 11) is 0. The number of nitrogens with one attached hydrogen (secondary N) is 1. The van der Waals surface area contributed by atoms with Crippen molar-refractivity contribution < 1.29 is 14.4 Å². The van der Waals surface area contributed by atoms with Gasteiger partial charge in [-0.2, -0.15) is 0 Å². The summed E-state index contributed by atoms with van der Waals surface area (Å²) in [4.78, 5) is 41.0. The number of nitrogens with zero attached hydrogens (tertiary/aromatic N) is 2. The van der Waals surface area contributed by atoms with Crippen LogP contribution in [-0.2, 0) is 17.9 Å². The fourth-order valence-corrected chi connectivity index (χ4v) is 4.43. The van der Waals surface area contributed by atoms with Crippen LogP contribution in [0.15, 0.2) is 48.5 Å². The molecule has 4 rings (SSSR count). The van der Waals surface area contributed by atoms with E-state index in [2.05, 4.69) is 23.2 Å². The Labute approximate surface area is 183 Å². The maximum absolute atomic E-state index is 12.4. The smallest absolute Gasteiger partial charge is 0.261 e. The molecule has 0 bridgehead atoms. The van der Waals surface area contributed by atoms with Crippen molar-refractivity contribution in [1.29, 1.82) is 0 Å². The zero-order valence-electron chi connectivity index (χ0n) is 18.0. The Morgan fingerprint density at radius 1 is 0.968 bits per heavy atom. The van der Waals surface area contributed by atoms with Crippen molar-refractivity contribution in [3.63, 3.8) is 0 Å². The van der Waals surface area contributed by atoms with E-state index < -0.39 is 0 Å². The third-order valence-electron chi connectivity index (χ3n) is 6.35. The average Bonchev–Trinajstić information content (AvgIpc) is 3.03. The first kappa shape index (κ1) is 21.2. The lowest BCUT2D eigenvalue weighted by molar-refractivity contribution is -0.121. The number of imide groups is 1. The summed E-state index contributed by atoms with van der Waals surface area (Å²) < 4.78 is 0. The monoisotopic (exact) mass is 419 g/mol. The SMILES string of the molecule is C[C@H]1CCCCN1Cc1ccccc1CNC(=O)CCN1C(=O)c2ccccc2C1=O. The highest BCUT2D eigenvalue weighted by Crippen LogP contribution is 2.23. The Balaban J connectivity index is 1.31. The summed E-state index contributed by atoms with van der Waals surface area (Å²) in [5.41, 5.74) is 3.16. The van der Waals surface area contributed by atoms with E-state index in [0.29, 0.717) is 23.7 Å². The number of carbonyl (C=O) groups is 3. The molecule has 0 unspecified atom stereocenters. The molecular formula is C25H29N3O3. The topological polar surface area (TPSA) is 69.7 Å². The summed E-state index contributed by atoms with van der Waals surface area (Å²) in [5.74, 6) is -0.818. The van der Waals surface area contributed by atoms with Crippen molar-refractivity contribution in [2.45, 2.75) is 51.7 Å². The predicted molar refractivity (Wildman–Crippen MR) is 118 cm³/mol. The Kier molecular flexibility index (Phi) is 6.47. The van der Waals surface area contributed by atoms with E-state index in [-0.39, 0.29) is 30.7 Å². The molecule has 2 aliphatic rings. The molecular weight excluding hydrogens is 390 g/mol. The van der Waals surface area contributed by atoms with E-state index in [1.807, 2.05) is 18.2 Å². The van der Waals surface area contributed by atoms with Gasteiger partial charge >= 0.3 is 0 Å². The quantitative estimate of drug-likeness (QED) is 0.699. The first-order chi connectivity index (χ1) is 15.0. The molecule has 2 aromatic rings. The highest BCUT2D eigenvalue weighted by Gasteiger charge is 2.34. The van der Waals surface area contributed by atoms with E-state index in [1.165, 1.54) is 24.8 Å². The van der Waals surface area contributed by atoms with E-state index in [4.69, 9.17) is 0 Å². The Bertz CT molecular complexity index is 952. The number of piperidine rings is 1. The zero-order chi connectivity index (χ0) is 21.8. The number of likely N-dealkylation sites (tertiary alicyclic amines) is 1. The molecule has 0 aliphatic carbocycles. The van der Waals surface area contributed by atoms with Crippen LogP contribution < -0.4 is 5.32 Å². The summed E-state index contributed by atoms with van der Waals surface area (Å²) in [6.45, 7) is 4.82. The van der Waals surface area contributed by atoms with Gasteiger partial charge in [-0.05, 0) is 49.6 Å². The summed E-state index contributed by atoms with van der Waals surface area (Å²) in [5, 5.41) is 2.96. The van der Waals surface area contributed by atoms with Crippen molar-refractivity contribution >= 4 is 17.7 Å². The molecule has 0 aromatic heterocycles. The van der Waals surface area contributed by atoms with Crippen LogP contribution in [0.25, 0.3) is 0 Å². The maximum Gasteiger partial charge on any atom is 0.261 e. The molecule has 162 valence electrons. The predicted octanol–water partition coefficient (Wildman–Crippen LogP) is 3.36. The molecule has 0 saturated carbocycles. The molecule has 1 fully saturated rings. The van der Waals surface area contributed by atoms with Gasteiger partial charge in [-0.25, -0.2) is 0 Å². The molecule has 2 aliphatic heterocycles. The van der Waals surface area contributed by atoms with Crippen LogP contribution >= 0.6 is 0 Å². The summed E-state index contributed by atoms with van der Waals surface area (Å²) in [6, 6.07) is 15.6. The van der Waals surface area contributed by atoms with Crippen LogP contribution in [0.3, 0.4) is 0 Å². The van der Waals surface area contributed by atoms with Gasteiger partial charge in [-0.15, -0.1) is 0 Å². The fourth-order valence-electron chi connectivity index (χ4n) is 4.43.